The van der Waals surface area contributed by atoms with Gasteiger partial charge in [-0.1, -0.05) is 12.2 Å². The van der Waals surface area contributed by atoms with Crippen LogP contribution in [0.1, 0.15) is 0 Å². The monoisotopic (exact) mass is 274 g/mol. The van der Waals surface area contributed by atoms with Gasteiger partial charge in [0.15, 0.2) is 0 Å². The van der Waals surface area contributed by atoms with E-state index in [1.807, 2.05) is 30.3 Å². The van der Waals surface area contributed by atoms with Gasteiger partial charge in [-0.3, -0.25) is 0 Å². The number of hydrogen-bond acceptors (Lipinski definition) is 3. The molecule has 2 rings (SSSR count). The molecule has 92 valence electrons. The fourth-order valence-corrected chi connectivity index (χ4v) is 0.992. The van der Waals surface area contributed by atoms with Crippen LogP contribution in [0, 0.1) is 0 Å². The molecule has 0 aliphatic heterocycles. The summed E-state index contributed by atoms with van der Waals surface area (Å²) in [5, 5.41) is 8.97. The first-order chi connectivity index (χ1) is 7.70. The molecule has 1 aliphatic carbocycles. The van der Waals surface area contributed by atoms with Crippen LogP contribution in [0.2, 0.25) is 0 Å². The van der Waals surface area contributed by atoms with Gasteiger partial charge in [-0.2, -0.15) is 18.2 Å². The average Bonchev–Trinajstić information content (AvgIpc) is 2.94. The van der Waals surface area contributed by atoms with Crippen LogP contribution in [0.5, 0.6) is 0 Å². The maximum atomic E-state index is 10.1. The number of aliphatic hydroxyl groups is 1. The Bertz CT molecular complexity index is 388. The third-order valence-corrected chi connectivity index (χ3v) is 1.66. The van der Waals surface area contributed by atoms with Crippen LogP contribution in [0.15, 0.2) is 66.2 Å². The zero-order valence-corrected chi connectivity index (χ0v) is 9.99. The number of carbonyl (C=O) groups excluding carboxylic acids is 1. The Hall–Kier alpha value is -1.84. The van der Waals surface area contributed by atoms with Crippen molar-refractivity contribution in [2.75, 3.05) is 0 Å². The van der Waals surface area contributed by atoms with Gasteiger partial charge in [0.1, 0.15) is 0 Å². The summed E-state index contributed by atoms with van der Waals surface area (Å²) < 4.78 is 4.21. The minimum Gasteiger partial charge on any atom is -0.480 e. The molecular weight excluding hydrogens is 262 g/mol. The van der Waals surface area contributed by atoms with Gasteiger partial charge in [-0.25, -0.2) is 16.9 Å². The van der Waals surface area contributed by atoms with Gasteiger partial charge in [0.05, 0.1) is 5.57 Å². The molecule has 0 unspecified atom stereocenters. The van der Waals surface area contributed by atoms with Crippen molar-refractivity contribution in [3.05, 3.63) is 66.2 Å². The van der Waals surface area contributed by atoms with Crippen molar-refractivity contribution in [2.45, 2.75) is 0 Å². The second-order valence-electron chi connectivity index (χ2n) is 2.86. The summed E-state index contributed by atoms with van der Waals surface area (Å²) >= 11 is 0. The fourth-order valence-electron chi connectivity index (χ4n) is 0.992. The summed E-state index contributed by atoms with van der Waals surface area (Å²) in [4.78, 5) is 10.1. The van der Waals surface area contributed by atoms with E-state index in [9.17, 15) is 4.79 Å². The zero-order valence-electron chi connectivity index (χ0n) is 8.89. The van der Waals surface area contributed by atoms with Crippen molar-refractivity contribution in [3.63, 3.8) is 0 Å². The summed E-state index contributed by atoms with van der Waals surface area (Å²) in [5.74, 6) is -0.470. The minimum atomic E-state index is -1.02. The molecule has 1 aromatic carbocycles. The van der Waals surface area contributed by atoms with E-state index in [0.717, 1.165) is 0 Å². The number of amides is 1. The number of nitrogens with two attached hydrogens (primary N) is 1. The number of primary amides is 1. The standard InChI is InChI=1S/C7H7NO3.C5H5.Fe/c8-7(10)11-6(9)5-3-1-2-4-5;1-2-4-5-3-1;/h1-4,9H,(H2,8,10);1-5H;/q;-1;. The summed E-state index contributed by atoms with van der Waals surface area (Å²) in [6.07, 6.45) is 5.58. The number of carbonyl (C=O) groups is 1. The van der Waals surface area contributed by atoms with E-state index >= 15 is 0 Å². The summed E-state index contributed by atoms with van der Waals surface area (Å²) in [7, 11) is 0. The molecule has 0 spiro atoms. The fraction of sp³-hybridized carbons (Fsp3) is 0. The molecule has 0 atom stereocenters. The minimum absolute atomic E-state index is 0. The van der Waals surface area contributed by atoms with E-state index in [1.165, 1.54) is 0 Å². The van der Waals surface area contributed by atoms with E-state index < -0.39 is 12.0 Å². The maximum Gasteiger partial charge on any atom is 0.412 e. The van der Waals surface area contributed by atoms with Gasteiger partial charge >= 0.3 is 6.09 Å². The number of ether oxygens (including phenoxy) is 1. The van der Waals surface area contributed by atoms with Crippen molar-refractivity contribution in [1.29, 1.82) is 0 Å². The molecule has 17 heavy (non-hydrogen) atoms. The van der Waals surface area contributed by atoms with Crippen molar-refractivity contribution in [2.24, 2.45) is 5.73 Å². The Morgan fingerprint density at radius 1 is 1.24 bits per heavy atom. The van der Waals surface area contributed by atoms with Gasteiger partial charge < -0.3 is 15.6 Å². The van der Waals surface area contributed by atoms with Crippen LogP contribution in [-0.4, -0.2) is 11.2 Å². The van der Waals surface area contributed by atoms with Crippen molar-refractivity contribution >= 4 is 6.09 Å². The quantitative estimate of drug-likeness (QED) is 0.469. The Morgan fingerprint density at radius 2 is 1.76 bits per heavy atom. The summed E-state index contributed by atoms with van der Waals surface area (Å²) in [6.45, 7) is 0. The molecule has 3 N–H and O–H groups in total. The molecule has 0 bridgehead atoms. The van der Waals surface area contributed by atoms with Crippen LogP contribution >= 0.6 is 0 Å². The predicted octanol–water partition coefficient (Wildman–Crippen LogP) is 2.38. The molecule has 0 saturated heterocycles. The van der Waals surface area contributed by atoms with E-state index in [1.54, 1.807) is 24.3 Å². The number of aliphatic hydroxyl groups excluding tert-OH is 1. The van der Waals surface area contributed by atoms with E-state index in [0.29, 0.717) is 5.57 Å². The largest absolute Gasteiger partial charge is 0.480 e. The second-order valence-corrected chi connectivity index (χ2v) is 2.86. The van der Waals surface area contributed by atoms with Crippen molar-refractivity contribution in [1.82, 2.24) is 0 Å². The molecule has 0 saturated carbocycles. The Labute approximate surface area is 110 Å². The third-order valence-electron chi connectivity index (χ3n) is 1.66. The van der Waals surface area contributed by atoms with E-state index in [-0.39, 0.29) is 17.1 Å². The second kappa shape index (κ2) is 8.33. The van der Waals surface area contributed by atoms with Crippen molar-refractivity contribution in [3.8, 4) is 0 Å². The Kier molecular flexibility index (Phi) is 7.43. The molecule has 0 radical (unpaired) electrons. The molecule has 0 aromatic heterocycles. The van der Waals surface area contributed by atoms with E-state index in [2.05, 4.69) is 10.5 Å². The Morgan fingerprint density at radius 3 is 2.12 bits per heavy atom. The molecule has 1 aromatic rings. The first-order valence-corrected chi connectivity index (χ1v) is 4.62. The molecule has 5 heteroatoms. The van der Waals surface area contributed by atoms with E-state index in [4.69, 9.17) is 5.11 Å². The molecule has 1 aliphatic rings. The SMILES string of the molecule is NC(=O)OC(O)=C1C=CC=C1.[Fe].c1cc[cH-]c1. The van der Waals surface area contributed by atoms with Crippen LogP contribution in [0.25, 0.3) is 0 Å². The number of rotatable bonds is 1. The van der Waals surface area contributed by atoms with Crippen LogP contribution in [0.3, 0.4) is 0 Å². The molecule has 0 fully saturated rings. The van der Waals surface area contributed by atoms with Gasteiger partial charge in [-0.15, -0.1) is 0 Å². The topological polar surface area (TPSA) is 72.6 Å². The van der Waals surface area contributed by atoms with Crippen LogP contribution < -0.4 is 5.73 Å². The summed E-state index contributed by atoms with van der Waals surface area (Å²) in [5.41, 5.74) is 5.09. The predicted molar refractivity (Wildman–Crippen MR) is 60.6 cm³/mol. The van der Waals surface area contributed by atoms with Gasteiger partial charge in [-0.05, 0) is 12.2 Å². The molecule has 1 amide bonds. The zero-order chi connectivity index (χ0) is 11.8. The molecular formula is C12H12FeNO3-. The number of allylic oxidation sites excluding steroid dienone is 5. The molecule has 0 heterocycles. The van der Waals surface area contributed by atoms with Crippen LogP contribution in [-0.2, 0) is 21.8 Å². The van der Waals surface area contributed by atoms with Crippen LogP contribution in [0.4, 0.5) is 4.79 Å². The first-order valence-electron chi connectivity index (χ1n) is 4.62. The van der Waals surface area contributed by atoms with Gasteiger partial charge in [0.25, 0.3) is 5.95 Å². The molecule has 4 nitrogen and oxygen atoms in total. The summed E-state index contributed by atoms with van der Waals surface area (Å²) in [6, 6.07) is 10.0. The average molecular weight is 274 g/mol. The normalized spacial score (nSPS) is 11.2. The van der Waals surface area contributed by atoms with Gasteiger partial charge in [0.2, 0.25) is 0 Å². The van der Waals surface area contributed by atoms with Crippen molar-refractivity contribution < 1.29 is 31.7 Å². The van der Waals surface area contributed by atoms with Gasteiger partial charge in [0, 0.05) is 17.1 Å². The maximum absolute atomic E-state index is 10.1. The first kappa shape index (κ1) is 15.2. The third kappa shape index (κ3) is 6.35. The number of hydrogen-bond donors (Lipinski definition) is 2. The smallest absolute Gasteiger partial charge is 0.412 e. The Balaban J connectivity index is 0.000000360.